The van der Waals surface area contributed by atoms with Crippen LogP contribution in [0.15, 0.2) is 66.7 Å². The van der Waals surface area contributed by atoms with Gasteiger partial charge >= 0.3 is 6.18 Å². The number of halogens is 3. The first-order valence-electron chi connectivity index (χ1n) is 11.9. The summed E-state index contributed by atoms with van der Waals surface area (Å²) in [5.41, 5.74) is 6.21. The molecule has 7 nitrogen and oxygen atoms in total. The van der Waals surface area contributed by atoms with E-state index >= 15 is 0 Å². The monoisotopic (exact) mass is 542 g/mol. The number of imidazole rings is 1. The number of amides is 1. The first-order valence-corrected chi connectivity index (χ1v) is 12.7. The number of carbonyl (C=O) groups is 1. The van der Waals surface area contributed by atoms with Crippen molar-refractivity contribution in [3.63, 3.8) is 0 Å². The van der Waals surface area contributed by atoms with Crippen molar-refractivity contribution >= 4 is 28.3 Å². The van der Waals surface area contributed by atoms with Crippen LogP contribution in [0.5, 0.6) is 11.5 Å². The van der Waals surface area contributed by atoms with Gasteiger partial charge in [-0.25, -0.2) is 4.98 Å². The van der Waals surface area contributed by atoms with E-state index in [1.807, 2.05) is 31.3 Å². The molecule has 2 aromatic carbocycles. The van der Waals surface area contributed by atoms with Crippen molar-refractivity contribution in [3.8, 4) is 16.5 Å². The molecule has 0 bridgehead atoms. The maximum absolute atomic E-state index is 13.5. The molecule has 0 fully saturated rings. The summed E-state index contributed by atoms with van der Waals surface area (Å²) in [6.07, 6.45) is -1.08. The Kier molecular flexibility index (Phi) is 6.89. The summed E-state index contributed by atoms with van der Waals surface area (Å²) in [6, 6.07) is 12.3. The summed E-state index contributed by atoms with van der Waals surface area (Å²) >= 11 is 1.07. The molecule has 38 heavy (non-hydrogen) atoms. The van der Waals surface area contributed by atoms with E-state index in [9.17, 15) is 18.0 Å². The lowest BCUT2D eigenvalue weighted by Crippen LogP contribution is -2.25. The SMILES string of the molecule is C[C@@H](Oc1cc(-n2cnc3ccc(OC4=CCN(C)CC4)cc32)sc1C(N)=O)c1ccccc1C(F)(F)F. The van der Waals surface area contributed by atoms with E-state index in [-0.39, 0.29) is 16.2 Å². The molecule has 2 aromatic heterocycles. The Morgan fingerprint density at radius 3 is 2.68 bits per heavy atom. The molecular formula is C27H25F3N4O3S. The summed E-state index contributed by atoms with van der Waals surface area (Å²) < 4.78 is 54.4. The highest BCUT2D eigenvalue weighted by atomic mass is 32.1. The first-order chi connectivity index (χ1) is 18.1. The van der Waals surface area contributed by atoms with Gasteiger partial charge in [0.05, 0.1) is 16.6 Å². The number of aromatic nitrogens is 2. The van der Waals surface area contributed by atoms with Gasteiger partial charge in [-0.1, -0.05) is 18.2 Å². The van der Waals surface area contributed by atoms with E-state index in [4.69, 9.17) is 15.2 Å². The van der Waals surface area contributed by atoms with Crippen molar-refractivity contribution in [1.82, 2.24) is 14.5 Å². The second-order valence-corrected chi connectivity index (χ2v) is 10.1. The smallest absolute Gasteiger partial charge is 0.416 e. The highest BCUT2D eigenvalue weighted by molar-refractivity contribution is 7.16. The number of primary amides is 1. The van der Waals surface area contributed by atoms with Gasteiger partial charge in [-0.2, -0.15) is 13.2 Å². The quantitative estimate of drug-likeness (QED) is 0.312. The third-order valence-electron chi connectivity index (χ3n) is 6.29. The lowest BCUT2D eigenvalue weighted by molar-refractivity contribution is -0.139. The molecule has 1 aliphatic heterocycles. The lowest BCUT2D eigenvalue weighted by atomic mass is 10.0. The number of nitrogens with two attached hydrogens (primary N) is 1. The van der Waals surface area contributed by atoms with Crippen molar-refractivity contribution in [2.24, 2.45) is 5.73 Å². The van der Waals surface area contributed by atoms with Gasteiger partial charge in [-0.05, 0) is 38.2 Å². The van der Waals surface area contributed by atoms with Crippen LogP contribution in [0.3, 0.4) is 0 Å². The number of thiophene rings is 1. The summed E-state index contributed by atoms with van der Waals surface area (Å²) in [4.78, 5) is 19.0. The van der Waals surface area contributed by atoms with Crippen LogP contribution < -0.4 is 15.2 Å². The fourth-order valence-corrected chi connectivity index (χ4v) is 5.25. The predicted octanol–water partition coefficient (Wildman–Crippen LogP) is 5.94. The zero-order chi connectivity index (χ0) is 27.0. The van der Waals surface area contributed by atoms with Crippen LogP contribution in [0.1, 0.15) is 40.2 Å². The van der Waals surface area contributed by atoms with E-state index in [1.165, 1.54) is 25.1 Å². The van der Waals surface area contributed by atoms with Crippen LogP contribution in [0.4, 0.5) is 13.2 Å². The molecule has 3 heterocycles. The summed E-state index contributed by atoms with van der Waals surface area (Å²) in [5.74, 6) is 0.906. The van der Waals surface area contributed by atoms with Crippen molar-refractivity contribution in [2.75, 3.05) is 20.1 Å². The number of carbonyl (C=O) groups excluding carboxylic acids is 1. The molecular weight excluding hydrogens is 517 g/mol. The van der Waals surface area contributed by atoms with Crippen LogP contribution in [-0.4, -0.2) is 40.5 Å². The van der Waals surface area contributed by atoms with E-state index in [1.54, 1.807) is 17.0 Å². The zero-order valence-electron chi connectivity index (χ0n) is 20.7. The molecule has 0 radical (unpaired) electrons. The molecule has 4 aromatic rings. The summed E-state index contributed by atoms with van der Waals surface area (Å²) in [5, 5.41) is 0.572. The van der Waals surface area contributed by atoms with Crippen LogP contribution in [0.2, 0.25) is 0 Å². The number of benzene rings is 2. The van der Waals surface area contributed by atoms with Gasteiger partial charge in [-0.3, -0.25) is 9.36 Å². The van der Waals surface area contributed by atoms with Gasteiger partial charge in [0, 0.05) is 37.2 Å². The fourth-order valence-electron chi connectivity index (χ4n) is 4.33. The van der Waals surface area contributed by atoms with Gasteiger partial charge in [0.1, 0.15) is 39.6 Å². The second kappa shape index (κ2) is 10.1. The van der Waals surface area contributed by atoms with Crippen molar-refractivity contribution < 1.29 is 27.4 Å². The maximum atomic E-state index is 13.5. The number of hydrogen-bond acceptors (Lipinski definition) is 6. The molecule has 1 aliphatic rings. The molecule has 0 unspecified atom stereocenters. The van der Waals surface area contributed by atoms with Crippen LogP contribution >= 0.6 is 11.3 Å². The second-order valence-electron chi connectivity index (χ2n) is 9.04. The molecule has 1 atom stereocenters. The molecule has 198 valence electrons. The number of likely N-dealkylation sites (N-methyl/N-ethyl adjacent to an activating group) is 1. The average Bonchev–Trinajstić information content (AvgIpc) is 3.49. The van der Waals surface area contributed by atoms with E-state index in [0.29, 0.717) is 16.3 Å². The molecule has 1 amide bonds. The molecule has 0 aliphatic carbocycles. The minimum Gasteiger partial charge on any atom is -0.484 e. The van der Waals surface area contributed by atoms with Gasteiger partial charge in [0.15, 0.2) is 0 Å². The van der Waals surface area contributed by atoms with Crippen molar-refractivity contribution in [1.29, 1.82) is 0 Å². The molecule has 0 saturated heterocycles. The Morgan fingerprint density at radius 1 is 1.18 bits per heavy atom. The third kappa shape index (κ3) is 5.25. The Labute approximate surface area is 220 Å². The number of alkyl halides is 3. The van der Waals surface area contributed by atoms with Gasteiger partial charge < -0.3 is 20.1 Å². The highest BCUT2D eigenvalue weighted by Crippen LogP contribution is 2.39. The third-order valence-corrected chi connectivity index (χ3v) is 7.42. The van der Waals surface area contributed by atoms with Crippen molar-refractivity contribution in [2.45, 2.75) is 25.6 Å². The number of fused-ring (bicyclic) bond motifs is 1. The Hall–Kier alpha value is -3.83. The van der Waals surface area contributed by atoms with E-state index in [0.717, 1.165) is 48.2 Å². The number of rotatable bonds is 7. The predicted molar refractivity (Wildman–Crippen MR) is 139 cm³/mol. The van der Waals surface area contributed by atoms with Crippen LogP contribution in [0, 0.1) is 0 Å². The zero-order valence-corrected chi connectivity index (χ0v) is 21.5. The largest absolute Gasteiger partial charge is 0.484 e. The lowest BCUT2D eigenvalue weighted by Gasteiger charge is -2.21. The molecule has 0 saturated carbocycles. The Bertz CT molecular complexity index is 1530. The van der Waals surface area contributed by atoms with Crippen LogP contribution in [0.25, 0.3) is 16.0 Å². The Balaban J connectivity index is 1.46. The number of ether oxygens (including phenoxy) is 2. The molecule has 2 N–H and O–H groups in total. The van der Waals surface area contributed by atoms with E-state index < -0.39 is 23.8 Å². The standard InChI is InChI=1S/C27H25F3N4O3S/c1-16(19-5-3-4-6-20(19)27(28,29)30)36-23-14-24(38-25(23)26(31)35)34-15-32-21-8-7-18(13-22(21)34)37-17-9-11-33(2)12-10-17/h3-9,13-16H,10-12H2,1-2H3,(H2,31,35)/t16-/m1/s1. The van der Waals surface area contributed by atoms with Gasteiger partial charge in [-0.15, -0.1) is 11.3 Å². The topological polar surface area (TPSA) is 82.6 Å². The first kappa shape index (κ1) is 25.8. The summed E-state index contributed by atoms with van der Waals surface area (Å²) in [7, 11) is 2.05. The number of nitrogens with zero attached hydrogens (tertiary/aromatic N) is 3. The number of hydrogen-bond donors (Lipinski definition) is 1. The van der Waals surface area contributed by atoms with Crippen LogP contribution in [-0.2, 0) is 6.18 Å². The van der Waals surface area contributed by atoms with Gasteiger partial charge in [0.2, 0.25) is 0 Å². The van der Waals surface area contributed by atoms with E-state index in [2.05, 4.69) is 9.88 Å². The molecule has 0 spiro atoms. The minimum atomic E-state index is -4.54. The molecule has 11 heteroatoms. The fraction of sp³-hybridized carbons (Fsp3) is 0.259. The Morgan fingerprint density at radius 2 is 1.97 bits per heavy atom. The summed E-state index contributed by atoms with van der Waals surface area (Å²) in [6.45, 7) is 3.22. The normalized spacial score (nSPS) is 15.3. The average molecular weight is 543 g/mol. The minimum absolute atomic E-state index is 0.0405. The van der Waals surface area contributed by atoms with Gasteiger partial charge in [0.25, 0.3) is 5.91 Å². The maximum Gasteiger partial charge on any atom is 0.416 e. The van der Waals surface area contributed by atoms with Crippen molar-refractivity contribution in [3.05, 3.63) is 82.7 Å². The highest BCUT2D eigenvalue weighted by Gasteiger charge is 2.35. The molecule has 5 rings (SSSR count).